The van der Waals surface area contributed by atoms with Crippen molar-refractivity contribution in [2.24, 2.45) is 0 Å². The Morgan fingerprint density at radius 2 is 1.59 bits per heavy atom. The van der Waals surface area contributed by atoms with Crippen molar-refractivity contribution < 1.29 is 9.72 Å². The van der Waals surface area contributed by atoms with Crippen LogP contribution in [0, 0.1) is 10.1 Å². The lowest BCUT2D eigenvalue weighted by molar-refractivity contribution is -0.384. The number of hydrogen-bond acceptors (Lipinski definition) is 3. The third-order valence-electron chi connectivity index (χ3n) is 5.14. The fourth-order valence-electron chi connectivity index (χ4n) is 3.91. The number of likely N-dealkylation sites (tertiary alicyclic amines) is 1. The predicted molar refractivity (Wildman–Crippen MR) is 83.7 cm³/mol. The summed E-state index contributed by atoms with van der Waals surface area (Å²) >= 11 is 0. The van der Waals surface area contributed by atoms with E-state index in [0.29, 0.717) is 0 Å². The third kappa shape index (κ3) is 2.60. The minimum Gasteiger partial charge on any atom is -0.342 e. The summed E-state index contributed by atoms with van der Waals surface area (Å²) in [5, 5.41) is 10.8. The number of rotatable bonds is 3. The van der Waals surface area contributed by atoms with Gasteiger partial charge in [0.2, 0.25) is 5.91 Å². The van der Waals surface area contributed by atoms with Gasteiger partial charge in [-0.3, -0.25) is 14.9 Å². The number of amides is 1. The number of carbonyl (C=O) groups excluding carboxylic acids is 1. The molecule has 0 unspecified atom stereocenters. The highest BCUT2D eigenvalue weighted by atomic mass is 16.6. The number of hydrogen-bond donors (Lipinski definition) is 0. The molecule has 0 radical (unpaired) electrons. The molecule has 0 N–H and O–H groups in total. The number of nitro benzene ring substituents is 1. The van der Waals surface area contributed by atoms with Gasteiger partial charge in [-0.25, -0.2) is 0 Å². The Labute approximate surface area is 130 Å². The normalized spacial score (nSPS) is 20.8. The Hall–Kier alpha value is -1.91. The van der Waals surface area contributed by atoms with Crippen LogP contribution < -0.4 is 0 Å². The van der Waals surface area contributed by atoms with Gasteiger partial charge in [-0.1, -0.05) is 25.0 Å². The molecule has 118 valence electrons. The highest BCUT2D eigenvalue weighted by Gasteiger charge is 2.45. The standard InChI is InChI=1S/C17H22N2O3/c20-16(18-12-4-1-5-13-18)17(10-2-3-11-17)14-6-8-15(9-7-14)19(21)22/h6-9H,1-5,10-13H2. The maximum absolute atomic E-state index is 13.1. The minimum absolute atomic E-state index is 0.0855. The zero-order valence-corrected chi connectivity index (χ0v) is 12.8. The fourth-order valence-corrected chi connectivity index (χ4v) is 3.91. The Bertz CT molecular complexity index is 556. The quantitative estimate of drug-likeness (QED) is 0.635. The number of piperidine rings is 1. The van der Waals surface area contributed by atoms with Crippen molar-refractivity contribution in [3.63, 3.8) is 0 Å². The Morgan fingerprint density at radius 1 is 1.00 bits per heavy atom. The highest BCUT2D eigenvalue weighted by Crippen LogP contribution is 2.43. The van der Waals surface area contributed by atoms with Crippen LogP contribution in [0.2, 0.25) is 0 Å². The zero-order chi connectivity index (χ0) is 15.6. The molecule has 0 aromatic heterocycles. The largest absolute Gasteiger partial charge is 0.342 e. The molecule has 1 saturated heterocycles. The molecule has 1 saturated carbocycles. The molecule has 5 heteroatoms. The molecular formula is C17H22N2O3. The topological polar surface area (TPSA) is 63.5 Å². The van der Waals surface area contributed by atoms with Gasteiger partial charge >= 0.3 is 0 Å². The molecule has 5 nitrogen and oxygen atoms in total. The summed E-state index contributed by atoms with van der Waals surface area (Å²) in [7, 11) is 0. The second-order valence-electron chi connectivity index (χ2n) is 6.45. The van der Waals surface area contributed by atoms with Crippen LogP contribution >= 0.6 is 0 Å². The van der Waals surface area contributed by atoms with Crippen LogP contribution in [0.15, 0.2) is 24.3 Å². The van der Waals surface area contributed by atoms with Crippen LogP contribution in [0.4, 0.5) is 5.69 Å². The van der Waals surface area contributed by atoms with Gasteiger partial charge < -0.3 is 4.90 Å². The van der Waals surface area contributed by atoms with Gasteiger partial charge in [0.1, 0.15) is 0 Å². The van der Waals surface area contributed by atoms with Gasteiger partial charge in [0, 0.05) is 25.2 Å². The van der Waals surface area contributed by atoms with Crippen molar-refractivity contribution >= 4 is 11.6 Å². The first-order valence-corrected chi connectivity index (χ1v) is 8.18. The van der Waals surface area contributed by atoms with E-state index in [-0.39, 0.29) is 11.6 Å². The second kappa shape index (κ2) is 6.07. The Kier molecular flexibility index (Phi) is 4.14. The van der Waals surface area contributed by atoms with Crippen molar-refractivity contribution in [2.45, 2.75) is 50.4 Å². The van der Waals surface area contributed by atoms with Gasteiger partial charge in [0.15, 0.2) is 0 Å². The average Bonchev–Trinajstić information content (AvgIpc) is 3.06. The second-order valence-corrected chi connectivity index (χ2v) is 6.45. The van der Waals surface area contributed by atoms with Gasteiger partial charge in [-0.2, -0.15) is 0 Å². The maximum Gasteiger partial charge on any atom is 0.269 e. The number of nitro groups is 1. The molecule has 1 aliphatic carbocycles. The third-order valence-corrected chi connectivity index (χ3v) is 5.14. The lowest BCUT2D eigenvalue weighted by Crippen LogP contribution is -2.47. The molecule has 0 atom stereocenters. The van der Waals surface area contributed by atoms with Crippen molar-refractivity contribution in [2.75, 3.05) is 13.1 Å². The fraction of sp³-hybridized carbons (Fsp3) is 0.588. The molecule has 0 bridgehead atoms. The van der Waals surface area contributed by atoms with E-state index in [0.717, 1.165) is 57.2 Å². The first-order chi connectivity index (χ1) is 10.6. The molecule has 1 aliphatic heterocycles. The van der Waals surface area contributed by atoms with E-state index in [9.17, 15) is 14.9 Å². The average molecular weight is 302 g/mol. The van der Waals surface area contributed by atoms with Gasteiger partial charge in [-0.05, 0) is 37.7 Å². The molecule has 0 spiro atoms. The van der Waals surface area contributed by atoms with Crippen LogP contribution in [0.5, 0.6) is 0 Å². The molecule has 2 fully saturated rings. The van der Waals surface area contributed by atoms with E-state index >= 15 is 0 Å². The molecule has 3 rings (SSSR count). The van der Waals surface area contributed by atoms with E-state index in [1.54, 1.807) is 12.1 Å². The molecule has 2 aliphatic rings. The van der Waals surface area contributed by atoms with Crippen molar-refractivity contribution in [1.29, 1.82) is 0 Å². The molecule has 1 heterocycles. The number of carbonyl (C=O) groups is 1. The lowest BCUT2D eigenvalue weighted by Gasteiger charge is -2.36. The Morgan fingerprint density at radius 3 is 2.14 bits per heavy atom. The number of nitrogens with zero attached hydrogens (tertiary/aromatic N) is 2. The molecule has 1 aromatic rings. The summed E-state index contributed by atoms with van der Waals surface area (Å²) in [4.78, 5) is 25.6. The van der Waals surface area contributed by atoms with Crippen LogP contribution in [-0.2, 0) is 10.2 Å². The number of benzene rings is 1. The summed E-state index contributed by atoms with van der Waals surface area (Å²) in [5.41, 5.74) is 0.584. The molecule has 1 amide bonds. The van der Waals surface area contributed by atoms with Crippen molar-refractivity contribution in [3.05, 3.63) is 39.9 Å². The summed E-state index contributed by atoms with van der Waals surface area (Å²) in [6.07, 6.45) is 7.20. The lowest BCUT2D eigenvalue weighted by atomic mass is 9.77. The minimum atomic E-state index is -0.452. The van der Waals surface area contributed by atoms with E-state index < -0.39 is 10.3 Å². The molecule has 1 aromatic carbocycles. The predicted octanol–water partition coefficient (Wildman–Crippen LogP) is 3.42. The first kappa shape index (κ1) is 15.0. The Balaban J connectivity index is 1.90. The van der Waals surface area contributed by atoms with E-state index in [2.05, 4.69) is 0 Å². The highest BCUT2D eigenvalue weighted by molar-refractivity contribution is 5.88. The SMILES string of the molecule is O=C(N1CCCCC1)C1(c2ccc([N+](=O)[O-])cc2)CCCC1. The van der Waals surface area contributed by atoms with Crippen molar-refractivity contribution in [3.8, 4) is 0 Å². The summed E-state index contributed by atoms with van der Waals surface area (Å²) in [6, 6.07) is 6.62. The molecular weight excluding hydrogens is 280 g/mol. The summed E-state index contributed by atoms with van der Waals surface area (Å²) in [6.45, 7) is 1.71. The van der Waals surface area contributed by atoms with Gasteiger partial charge in [0.25, 0.3) is 5.69 Å². The van der Waals surface area contributed by atoms with E-state index in [1.807, 2.05) is 4.90 Å². The number of non-ortho nitro benzene ring substituents is 1. The smallest absolute Gasteiger partial charge is 0.269 e. The van der Waals surface area contributed by atoms with Crippen LogP contribution in [0.3, 0.4) is 0 Å². The first-order valence-electron chi connectivity index (χ1n) is 8.18. The van der Waals surface area contributed by atoms with E-state index in [4.69, 9.17) is 0 Å². The zero-order valence-electron chi connectivity index (χ0n) is 12.8. The summed E-state index contributed by atoms with van der Waals surface area (Å²) in [5.74, 6) is 0.235. The summed E-state index contributed by atoms with van der Waals surface area (Å²) < 4.78 is 0. The van der Waals surface area contributed by atoms with Crippen LogP contribution in [0.25, 0.3) is 0 Å². The van der Waals surface area contributed by atoms with Crippen LogP contribution in [0.1, 0.15) is 50.5 Å². The van der Waals surface area contributed by atoms with Gasteiger partial charge in [0.05, 0.1) is 10.3 Å². The molecule has 22 heavy (non-hydrogen) atoms. The van der Waals surface area contributed by atoms with E-state index in [1.165, 1.54) is 18.6 Å². The van der Waals surface area contributed by atoms with Crippen LogP contribution in [-0.4, -0.2) is 28.8 Å². The monoisotopic (exact) mass is 302 g/mol. The van der Waals surface area contributed by atoms with Gasteiger partial charge in [-0.15, -0.1) is 0 Å². The van der Waals surface area contributed by atoms with Crippen molar-refractivity contribution in [1.82, 2.24) is 4.90 Å². The maximum atomic E-state index is 13.1.